The van der Waals surface area contributed by atoms with Crippen LogP contribution in [-0.4, -0.2) is 31.0 Å². The number of nitrogens with zero attached hydrogens (tertiary/aromatic N) is 1. The summed E-state index contributed by atoms with van der Waals surface area (Å²) >= 11 is 0.982. The number of amides is 1. The van der Waals surface area contributed by atoms with E-state index in [1.54, 1.807) is 26.8 Å². The number of hydrogen-bond acceptors (Lipinski definition) is 6. The maximum Gasteiger partial charge on any atom is 0.495 e. The summed E-state index contributed by atoms with van der Waals surface area (Å²) in [5, 5.41) is 12.8. The van der Waals surface area contributed by atoms with Crippen molar-refractivity contribution in [3.05, 3.63) is 23.5 Å². The lowest BCUT2D eigenvalue weighted by molar-refractivity contribution is 0.0636. The topological polar surface area (TPSA) is 80.6 Å². The zero-order valence-electron chi connectivity index (χ0n) is 15.8. The number of thiophene rings is 1. The van der Waals surface area contributed by atoms with Crippen LogP contribution in [0.5, 0.6) is 0 Å². The Morgan fingerprint density at radius 2 is 2.15 bits per heavy atom. The van der Waals surface area contributed by atoms with Crippen LogP contribution in [0.15, 0.2) is 12.1 Å². The predicted molar refractivity (Wildman–Crippen MR) is 103 cm³/mol. The van der Waals surface area contributed by atoms with Crippen LogP contribution in [0.1, 0.15) is 40.2 Å². The van der Waals surface area contributed by atoms with Crippen LogP contribution in [0.3, 0.4) is 0 Å². The molecular formula is C18H20BFN2O4S. The second kappa shape index (κ2) is 6.78. The fraction of sp³-hybridized carbons (Fsp3) is 0.444. The van der Waals surface area contributed by atoms with Gasteiger partial charge in [0, 0.05) is 5.39 Å². The number of anilines is 1. The van der Waals surface area contributed by atoms with Gasteiger partial charge in [0.15, 0.2) is 0 Å². The molecule has 27 heavy (non-hydrogen) atoms. The Labute approximate surface area is 161 Å². The van der Waals surface area contributed by atoms with Crippen molar-refractivity contribution in [2.75, 3.05) is 11.9 Å². The third-order valence-electron chi connectivity index (χ3n) is 3.81. The molecule has 9 heteroatoms. The second-order valence-electron chi connectivity index (χ2n) is 7.91. The van der Waals surface area contributed by atoms with Gasteiger partial charge in [-0.3, -0.25) is 5.32 Å². The van der Waals surface area contributed by atoms with Gasteiger partial charge < -0.3 is 14.0 Å². The number of carbonyl (C=O) groups is 1. The maximum absolute atomic E-state index is 14.4. The normalized spacial score (nSPS) is 16.4. The van der Waals surface area contributed by atoms with Crippen LogP contribution >= 0.6 is 11.3 Å². The predicted octanol–water partition coefficient (Wildman–Crippen LogP) is 3.78. The van der Waals surface area contributed by atoms with Gasteiger partial charge in [0.2, 0.25) is 0 Å². The summed E-state index contributed by atoms with van der Waals surface area (Å²) in [6.07, 6.45) is -0.706. The van der Waals surface area contributed by atoms with Crippen molar-refractivity contribution >= 4 is 45.1 Å². The van der Waals surface area contributed by atoms with E-state index in [0.717, 1.165) is 11.3 Å². The van der Waals surface area contributed by atoms with Crippen LogP contribution in [-0.2, 0) is 14.0 Å². The zero-order chi connectivity index (χ0) is 20.0. The van der Waals surface area contributed by atoms with E-state index in [1.807, 2.05) is 13.8 Å². The van der Waals surface area contributed by atoms with Crippen molar-refractivity contribution in [3.63, 3.8) is 0 Å². The number of rotatable bonds is 2. The average Bonchev–Trinajstić information content (AvgIpc) is 3.06. The summed E-state index contributed by atoms with van der Waals surface area (Å²) in [5.74, 6) is -0.482. The highest BCUT2D eigenvalue weighted by Crippen LogP contribution is 2.37. The molecule has 0 aliphatic carbocycles. The first-order valence-electron chi connectivity index (χ1n) is 8.45. The molecule has 0 atom stereocenters. The first-order chi connectivity index (χ1) is 12.5. The quantitative estimate of drug-likeness (QED) is 0.790. The highest BCUT2D eigenvalue weighted by molar-refractivity contribution is 7.23. The molecule has 1 aromatic heterocycles. The first-order valence-corrected chi connectivity index (χ1v) is 9.27. The SMILES string of the molecule is CC(C)(C)OC(=O)Nc1sc2c(F)ccc(B3OCC(C)(C)O3)c2c1C#N. The van der Waals surface area contributed by atoms with E-state index in [4.69, 9.17) is 14.0 Å². The van der Waals surface area contributed by atoms with Crippen LogP contribution in [0.2, 0.25) is 0 Å². The van der Waals surface area contributed by atoms with Gasteiger partial charge in [-0.15, -0.1) is 11.3 Å². The molecule has 1 aliphatic rings. The smallest absolute Gasteiger partial charge is 0.444 e. The molecule has 1 N–H and O–H groups in total. The molecule has 1 aromatic carbocycles. The van der Waals surface area contributed by atoms with Crippen LogP contribution < -0.4 is 10.8 Å². The molecule has 0 saturated carbocycles. The van der Waals surface area contributed by atoms with Gasteiger partial charge >= 0.3 is 13.2 Å². The average molecular weight is 390 g/mol. The van der Waals surface area contributed by atoms with Crippen molar-refractivity contribution < 1.29 is 23.2 Å². The van der Waals surface area contributed by atoms with E-state index in [-0.39, 0.29) is 15.3 Å². The molecule has 1 fully saturated rings. The summed E-state index contributed by atoms with van der Waals surface area (Å²) in [6, 6.07) is 4.92. The molecule has 2 heterocycles. The molecule has 142 valence electrons. The number of halogens is 1. The molecule has 1 saturated heterocycles. The van der Waals surface area contributed by atoms with Crippen molar-refractivity contribution in [3.8, 4) is 6.07 Å². The highest BCUT2D eigenvalue weighted by Gasteiger charge is 2.40. The third kappa shape index (κ3) is 4.08. The minimum Gasteiger partial charge on any atom is -0.444 e. The van der Waals surface area contributed by atoms with E-state index >= 15 is 0 Å². The zero-order valence-corrected chi connectivity index (χ0v) is 16.6. The van der Waals surface area contributed by atoms with Crippen molar-refractivity contribution in [2.24, 2.45) is 0 Å². The van der Waals surface area contributed by atoms with Gasteiger partial charge in [0.25, 0.3) is 0 Å². The Morgan fingerprint density at radius 1 is 1.44 bits per heavy atom. The molecule has 3 rings (SSSR count). The Balaban J connectivity index is 2.05. The summed E-state index contributed by atoms with van der Waals surface area (Å²) in [7, 11) is -0.709. The summed E-state index contributed by atoms with van der Waals surface area (Å²) in [6.45, 7) is 9.36. The van der Waals surface area contributed by atoms with Gasteiger partial charge in [0.1, 0.15) is 22.5 Å². The fourth-order valence-corrected chi connectivity index (χ4v) is 3.85. The van der Waals surface area contributed by atoms with Gasteiger partial charge in [-0.1, -0.05) is 6.07 Å². The standard InChI is InChI=1S/C18H20BFN2O4S/c1-17(2,3)25-16(23)22-15-10(8-21)13-11(6-7-12(20)14(13)27-15)19-24-9-18(4,5)26-19/h6-7H,9H2,1-5H3,(H,22,23). The Kier molecular flexibility index (Phi) is 4.93. The molecule has 0 bridgehead atoms. The molecular weight excluding hydrogens is 370 g/mol. The first kappa shape index (κ1) is 19.6. The Morgan fingerprint density at radius 3 is 2.70 bits per heavy atom. The van der Waals surface area contributed by atoms with Crippen LogP contribution in [0.25, 0.3) is 10.1 Å². The molecule has 0 unspecified atom stereocenters. The number of fused-ring (bicyclic) bond motifs is 1. The lowest BCUT2D eigenvalue weighted by Gasteiger charge is -2.19. The van der Waals surface area contributed by atoms with Gasteiger partial charge in [0.05, 0.1) is 22.5 Å². The lowest BCUT2D eigenvalue weighted by Crippen LogP contribution is -2.35. The number of benzene rings is 1. The fourth-order valence-electron chi connectivity index (χ4n) is 2.77. The molecule has 6 nitrogen and oxygen atoms in total. The van der Waals surface area contributed by atoms with Crippen LogP contribution in [0.4, 0.5) is 14.2 Å². The van der Waals surface area contributed by atoms with E-state index in [1.165, 1.54) is 6.07 Å². The number of hydrogen-bond donors (Lipinski definition) is 1. The highest BCUT2D eigenvalue weighted by atomic mass is 32.1. The summed E-state index contributed by atoms with van der Waals surface area (Å²) in [5.41, 5.74) is -0.457. The van der Waals surface area contributed by atoms with E-state index in [0.29, 0.717) is 17.5 Å². The minimum absolute atomic E-state index is 0.160. The van der Waals surface area contributed by atoms with Gasteiger partial charge in [-0.2, -0.15) is 5.26 Å². The summed E-state index contributed by atoms with van der Waals surface area (Å²) < 4.78 is 31.5. The monoisotopic (exact) mass is 390 g/mol. The van der Waals surface area contributed by atoms with Gasteiger partial charge in [-0.05, 0) is 46.1 Å². The van der Waals surface area contributed by atoms with Gasteiger partial charge in [-0.25, -0.2) is 9.18 Å². The van der Waals surface area contributed by atoms with Crippen molar-refractivity contribution in [1.82, 2.24) is 0 Å². The van der Waals surface area contributed by atoms with Crippen LogP contribution in [0, 0.1) is 17.1 Å². The Bertz CT molecular complexity index is 945. The number of nitriles is 1. The van der Waals surface area contributed by atoms with E-state index in [9.17, 15) is 14.4 Å². The minimum atomic E-state index is -0.709. The van der Waals surface area contributed by atoms with E-state index < -0.39 is 30.2 Å². The molecule has 1 amide bonds. The Hall–Kier alpha value is -2.15. The lowest BCUT2D eigenvalue weighted by atomic mass is 9.76. The number of carbonyl (C=O) groups excluding carboxylic acids is 1. The molecule has 1 aliphatic heterocycles. The van der Waals surface area contributed by atoms with Crippen molar-refractivity contribution in [2.45, 2.75) is 45.8 Å². The summed E-state index contributed by atoms with van der Waals surface area (Å²) in [4.78, 5) is 12.1. The van der Waals surface area contributed by atoms with Crippen molar-refractivity contribution in [1.29, 1.82) is 5.26 Å². The van der Waals surface area contributed by atoms with E-state index in [2.05, 4.69) is 11.4 Å². The number of nitrogens with one attached hydrogen (secondary N) is 1. The molecule has 2 aromatic rings. The largest absolute Gasteiger partial charge is 0.495 e. The third-order valence-corrected chi connectivity index (χ3v) is 4.93. The second-order valence-corrected chi connectivity index (χ2v) is 8.93. The molecule has 0 spiro atoms. The number of ether oxygens (including phenoxy) is 1. The maximum atomic E-state index is 14.4. The molecule has 0 radical (unpaired) electrons.